The zero-order valence-electron chi connectivity index (χ0n) is 13.8. The van der Waals surface area contributed by atoms with E-state index in [4.69, 9.17) is 9.47 Å². The van der Waals surface area contributed by atoms with Gasteiger partial charge in [0, 0.05) is 5.56 Å². The lowest BCUT2D eigenvalue weighted by Crippen LogP contribution is -2.13. The first-order valence-corrected chi connectivity index (χ1v) is 7.57. The van der Waals surface area contributed by atoms with E-state index in [0.29, 0.717) is 17.8 Å². The van der Waals surface area contributed by atoms with Gasteiger partial charge in [-0.15, -0.1) is 0 Å². The summed E-state index contributed by atoms with van der Waals surface area (Å²) in [5.74, 6) is 0.286. The predicted molar refractivity (Wildman–Crippen MR) is 88.1 cm³/mol. The van der Waals surface area contributed by atoms with Crippen LogP contribution in [0.1, 0.15) is 47.3 Å². The molecule has 0 aliphatic carbocycles. The maximum Gasteiger partial charge on any atom is 0.355 e. The molecule has 5 nitrogen and oxygen atoms in total. The van der Waals surface area contributed by atoms with Gasteiger partial charge in [0.25, 0.3) is 0 Å². The lowest BCUT2D eigenvalue weighted by Gasteiger charge is -2.09. The fourth-order valence-electron chi connectivity index (χ4n) is 2.54. The van der Waals surface area contributed by atoms with Gasteiger partial charge in [0.1, 0.15) is 11.4 Å². The van der Waals surface area contributed by atoms with Crippen molar-refractivity contribution in [2.24, 2.45) is 0 Å². The summed E-state index contributed by atoms with van der Waals surface area (Å²) in [6.45, 7) is 5.52. The Bertz CT molecular complexity index is 699. The Labute approximate surface area is 135 Å². The third kappa shape index (κ3) is 3.44. The minimum Gasteiger partial charge on any atom is -0.497 e. The van der Waals surface area contributed by atoms with Crippen LogP contribution in [-0.2, 0) is 11.2 Å². The number of esters is 1. The molecule has 1 aromatic carbocycles. The average molecular weight is 315 g/mol. The van der Waals surface area contributed by atoms with E-state index in [0.717, 1.165) is 28.7 Å². The molecule has 1 heterocycles. The second-order valence-corrected chi connectivity index (χ2v) is 5.42. The highest BCUT2D eigenvalue weighted by Gasteiger charge is 2.23. The fourth-order valence-corrected chi connectivity index (χ4v) is 2.54. The number of carbonyl (C=O) groups is 2. The number of hydrogen-bond acceptors (Lipinski definition) is 4. The maximum atomic E-state index is 12.3. The Balaban J connectivity index is 2.55. The highest BCUT2D eigenvalue weighted by molar-refractivity contribution is 5.97. The molecule has 23 heavy (non-hydrogen) atoms. The van der Waals surface area contributed by atoms with Crippen LogP contribution < -0.4 is 4.74 Å². The SMILES string of the molecule is CCc1c(C(=O)OC(C)C)[nH]c(C=O)c1-c1ccc(OC)cc1. The fraction of sp³-hybridized carbons (Fsp3) is 0.333. The van der Waals surface area contributed by atoms with Crippen molar-refractivity contribution in [3.05, 3.63) is 41.2 Å². The van der Waals surface area contributed by atoms with Crippen LogP contribution in [0, 0.1) is 0 Å². The Hall–Kier alpha value is -2.56. The molecule has 0 unspecified atom stereocenters. The number of rotatable bonds is 6. The number of hydrogen-bond donors (Lipinski definition) is 1. The van der Waals surface area contributed by atoms with Gasteiger partial charge in [-0.05, 0) is 43.5 Å². The number of H-pyrrole nitrogens is 1. The molecule has 0 spiro atoms. The molecule has 0 saturated carbocycles. The largest absolute Gasteiger partial charge is 0.497 e. The van der Waals surface area contributed by atoms with Gasteiger partial charge < -0.3 is 14.5 Å². The van der Waals surface area contributed by atoms with E-state index >= 15 is 0 Å². The number of methoxy groups -OCH3 is 1. The highest BCUT2D eigenvalue weighted by Crippen LogP contribution is 2.32. The van der Waals surface area contributed by atoms with Gasteiger partial charge in [0.2, 0.25) is 0 Å². The normalized spacial score (nSPS) is 10.7. The molecule has 5 heteroatoms. The van der Waals surface area contributed by atoms with Crippen LogP contribution in [0.3, 0.4) is 0 Å². The summed E-state index contributed by atoms with van der Waals surface area (Å²) in [4.78, 5) is 26.6. The van der Waals surface area contributed by atoms with Crippen molar-refractivity contribution in [3.8, 4) is 16.9 Å². The molecular formula is C18H21NO4. The number of aromatic amines is 1. The average Bonchev–Trinajstić information content (AvgIpc) is 2.93. The van der Waals surface area contributed by atoms with Crippen molar-refractivity contribution in [3.63, 3.8) is 0 Å². The molecule has 0 atom stereocenters. The van der Waals surface area contributed by atoms with Crippen molar-refractivity contribution >= 4 is 12.3 Å². The van der Waals surface area contributed by atoms with E-state index in [1.54, 1.807) is 21.0 Å². The highest BCUT2D eigenvalue weighted by atomic mass is 16.5. The smallest absolute Gasteiger partial charge is 0.355 e. The van der Waals surface area contributed by atoms with E-state index in [9.17, 15) is 9.59 Å². The molecule has 0 aliphatic rings. The lowest BCUT2D eigenvalue weighted by atomic mass is 9.98. The van der Waals surface area contributed by atoms with Crippen molar-refractivity contribution in [2.75, 3.05) is 7.11 Å². The second kappa shape index (κ2) is 7.13. The third-order valence-electron chi connectivity index (χ3n) is 3.53. The molecule has 0 saturated heterocycles. The summed E-state index contributed by atoms with van der Waals surface area (Å²) >= 11 is 0. The summed E-state index contributed by atoms with van der Waals surface area (Å²) in [5.41, 5.74) is 3.09. The van der Waals surface area contributed by atoms with Crippen molar-refractivity contribution in [1.29, 1.82) is 0 Å². The molecule has 0 amide bonds. The van der Waals surface area contributed by atoms with E-state index in [-0.39, 0.29) is 6.10 Å². The molecule has 0 fully saturated rings. The number of ether oxygens (including phenoxy) is 2. The standard InChI is InChI=1S/C18H21NO4/c1-5-14-16(12-6-8-13(22-4)9-7-12)15(10-20)19-17(14)18(21)23-11(2)3/h6-11,19H,5H2,1-4H3. The number of nitrogens with one attached hydrogen (secondary N) is 1. The minimum atomic E-state index is -0.445. The number of benzene rings is 1. The molecule has 0 bridgehead atoms. The Morgan fingerprint density at radius 2 is 1.91 bits per heavy atom. The summed E-state index contributed by atoms with van der Waals surface area (Å²) in [6.07, 6.45) is 1.11. The zero-order valence-corrected chi connectivity index (χ0v) is 13.8. The van der Waals surface area contributed by atoms with Crippen molar-refractivity contribution < 1.29 is 19.1 Å². The van der Waals surface area contributed by atoms with Crippen LogP contribution in [0.4, 0.5) is 0 Å². The molecule has 1 aromatic heterocycles. The number of carbonyl (C=O) groups excluding carboxylic acids is 2. The zero-order chi connectivity index (χ0) is 17.0. The second-order valence-electron chi connectivity index (χ2n) is 5.42. The Morgan fingerprint density at radius 1 is 1.26 bits per heavy atom. The minimum absolute atomic E-state index is 0.223. The molecule has 0 aliphatic heterocycles. The molecule has 122 valence electrons. The summed E-state index contributed by atoms with van der Waals surface area (Å²) in [7, 11) is 1.60. The van der Waals surface area contributed by atoms with Gasteiger partial charge in [-0.2, -0.15) is 0 Å². The monoisotopic (exact) mass is 315 g/mol. The third-order valence-corrected chi connectivity index (χ3v) is 3.53. The first-order valence-electron chi connectivity index (χ1n) is 7.57. The summed E-state index contributed by atoms with van der Waals surface area (Å²) in [5, 5.41) is 0. The molecule has 2 aromatic rings. The van der Waals surface area contributed by atoms with Crippen molar-refractivity contribution in [1.82, 2.24) is 4.98 Å². The van der Waals surface area contributed by atoms with Gasteiger partial charge in [-0.1, -0.05) is 19.1 Å². The Morgan fingerprint density at radius 3 is 2.39 bits per heavy atom. The van der Waals surface area contributed by atoms with Gasteiger partial charge in [0.05, 0.1) is 18.9 Å². The van der Waals surface area contributed by atoms with E-state index < -0.39 is 5.97 Å². The number of aldehydes is 1. The molecule has 0 radical (unpaired) electrons. The maximum absolute atomic E-state index is 12.3. The van der Waals surface area contributed by atoms with Crippen LogP contribution in [0.5, 0.6) is 5.75 Å². The van der Waals surface area contributed by atoms with Gasteiger partial charge in [-0.25, -0.2) is 4.79 Å². The Kier molecular flexibility index (Phi) is 5.21. The van der Waals surface area contributed by atoms with Crippen LogP contribution in [-0.4, -0.2) is 30.5 Å². The first kappa shape index (κ1) is 16.8. The van der Waals surface area contributed by atoms with Crippen LogP contribution >= 0.6 is 0 Å². The van der Waals surface area contributed by atoms with E-state index in [1.807, 2.05) is 31.2 Å². The molecule has 2 rings (SSSR count). The first-order chi connectivity index (χ1) is 11.0. The topological polar surface area (TPSA) is 68.4 Å². The van der Waals surface area contributed by atoms with Crippen LogP contribution in [0.25, 0.3) is 11.1 Å². The summed E-state index contributed by atoms with van der Waals surface area (Å²) in [6, 6.07) is 7.38. The molecule has 1 N–H and O–H groups in total. The predicted octanol–water partition coefficient (Wildman–Crippen LogP) is 3.63. The van der Waals surface area contributed by atoms with Gasteiger partial charge in [-0.3, -0.25) is 4.79 Å². The lowest BCUT2D eigenvalue weighted by molar-refractivity contribution is 0.0370. The number of aromatic nitrogens is 1. The van der Waals surface area contributed by atoms with E-state index in [2.05, 4.69) is 4.98 Å². The van der Waals surface area contributed by atoms with Crippen LogP contribution in [0.2, 0.25) is 0 Å². The quantitative estimate of drug-likeness (QED) is 0.653. The molecular weight excluding hydrogens is 294 g/mol. The van der Waals surface area contributed by atoms with Crippen LogP contribution in [0.15, 0.2) is 24.3 Å². The summed E-state index contributed by atoms with van der Waals surface area (Å²) < 4.78 is 10.4. The van der Waals surface area contributed by atoms with E-state index in [1.165, 1.54) is 0 Å². The van der Waals surface area contributed by atoms with Crippen molar-refractivity contribution in [2.45, 2.75) is 33.3 Å². The van der Waals surface area contributed by atoms with Gasteiger partial charge in [0.15, 0.2) is 6.29 Å². The van der Waals surface area contributed by atoms with Gasteiger partial charge >= 0.3 is 5.97 Å².